The van der Waals surface area contributed by atoms with Crippen LogP contribution >= 0.6 is 11.3 Å². The summed E-state index contributed by atoms with van der Waals surface area (Å²) in [6.45, 7) is 5.82. The van der Waals surface area contributed by atoms with Crippen LogP contribution in [0.15, 0.2) is 5.38 Å². The van der Waals surface area contributed by atoms with Crippen molar-refractivity contribution in [2.75, 3.05) is 23.9 Å². The van der Waals surface area contributed by atoms with Gasteiger partial charge in [0.1, 0.15) is 12.1 Å². The van der Waals surface area contributed by atoms with Gasteiger partial charge in [0.2, 0.25) is 0 Å². The number of aliphatic carboxylic acids is 1. The highest BCUT2D eigenvalue weighted by Crippen LogP contribution is 2.21. The van der Waals surface area contributed by atoms with Crippen LogP contribution in [0.2, 0.25) is 0 Å². The van der Waals surface area contributed by atoms with Gasteiger partial charge in [-0.2, -0.15) is 0 Å². The SMILES string of the molecule is Cc1csc(N(CCN(CC(=O)O)C(=O)OC(C)(C)C)S(=O)[O-])n1. The zero-order valence-corrected chi connectivity index (χ0v) is 15.5. The Morgan fingerprint density at radius 3 is 2.46 bits per heavy atom. The fourth-order valence-electron chi connectivity index (χ4n) is 1.63. The van der Waals surface area contributed by atoms with Crippen LogP contribution in [-0.2, 0) is 20.8 Å². The summed E-state index contributed by atoms with van der Waals surface area (Å²) in [5.41, 5.74) is -0.124. The number of hydrogen-bond acceptors (Lipinski definition) is 7. The Morgan fingerprint density at radius 1 is 1.42 bits per heavy atom. The lowest BCUT2D eigenvalue weighted by Gasteiger charge is -2.29. The van der Waals surface area contributed by atoms with E-state index in [4.69, 9.17) is 9.84 Å². The molecule has 1 N–H and O–H groups in total. The fourth-order valence-corrected chi connectivity index (χ4v) is 3.07. The normalized spacial score (nSPS) is 12.5. The summed E-state index contributed by atoms with van der Waals surface area (Å²) < 4.78 is 28.9. The molecule has 0 aliphatic carbocycles. The molecule has 0 saturated heterocycles. The van der Waals surface area contributed by atoms with Gasteiger partial charge in [0, 0.05) is 23.2 Å². The van der Waals surface area contributed by atoms with Crippen LogP contribution in [0.1, 0.15) is 26.5 Å². The molecule has 0 aliphatic heterocycles. The minimum Gasteiger partial charge on any atom is -0.755 e. The van der Waals surface area contributed by atoms with Crippen molar-refractivity contribution in [1.29, 1.82) is 0 Å². The van der Waals surface area contributed by atoms with Crippen LogP contribution in [0, 0.1) is 6.92 Å². The predicted molar refractivity (Wildman–Crippen MR) is 88.6 cm³/mol. The van der Waals surface area contributed by atoms with Crippen LogP contribution in [0.4, 0.5) is 9.93 Å². The van der Waals surface area contributed by atoms with E-state index in [0.29, 0.717) is 5.69 Å². The number of amides is 1. The monoisotopic (exact) mass is 378 g/mol. The minimum absolute atomic E-state index is 0.129. The molecule has 0 saturated carbocycles. The van der Waals surface area contributed by atoms with Gasteiger partial charge in [-0.25, -0.2) is 9.78 Å². The standard InChI is InChI=1S/C13H21N3O6S2/c1-9-8-23-11(14-9)16(24(20)21)6-5-15(7-10(17)18)12(19)22-13(2,3)4/h8H,5-7H2,1-4H3,(H,17,18)(H,20,21)/p-1. The predicted octanol–water partition coefficient (Wildman–Crippen LogP) is 1.37. The summed E-state index contributed by atoms with van der Waals surface area (Å²) in [4.78, 5) is 28.0. The molecule has 0 aromatic carbocycles. The molecule has 0 spiro atoms. The molecule has 1 heterocycles. The van der Waals surface area contributed by atoms with Crippen molar-refractivity contribution in [3.63, 3.8) is 0 Å². The van der Waals surface area contributed by atoms with E-state index in [1.165, 1.54) is 0 Å². The first-order chi connectivity index (χ1) is 11.0. The van der Waals surface area contributed by atoms with Gasteiger partial charge in [0.15, 0.2) is 5.13 Å². The van der Waals surface area contributed by atoms with Crippen LogP contribution in [0.5, 0.6) is 0 Å². The number of thiazole rings is 1. The average molecular weight is 378 g/mol. The van der Waals surface area contributed by atoms with Gasteiger partial charge in [-0.05, 0) is 27.7 Å². The molecule has 1 aromatic rings. The Balaban J connectivity index is 2.83. The van der Waals surface area contributed by atoms with E-state index in [0.717, 1.165) is 20.5 Å². The number of hydrogen-bond donors (Lipinski definition) is 1. The lowest BCUT2D eigenvalue weighted by Crippen LogP contribution is -2.44. The Labute approximate surface area is 146 Å². The summed E-state index contributed by atoms with van der Waals surface area (Å²) in [5, 5.41) is 10.9. The van der Waals surface area contributed by atoms with E-state index < -0.39 is 35.5 Å². The van der Waals surface area contributed by atoms with Gasteiger partial charge in [-0.1, -0.05) is 0 Å². The largest absolute Gasteiger partial charge is 0.755 e. The lowest BCUT2D eigenvalue weighted by atomic mass is 10.2. The number of anilines is 1. The third-order valence-corrected chi connectivity index (χ3v) is 4.36. The van der Waals surface area contributed by atoms with Gasteiger partial charge in [-0.3, -0.25) is 18.2 Å². The van der Waals surface area contributed by atoms with Gasteiger partial charge in [0.05, 0.1) is 12.2 Å². The van der Waals surface area contributed by atoms with E-state index in [1.54, 1.807) is 33.1 Å². The minimum atomic E-state index is -2.60. The second-order valence-corrected chi connectivity index (χ2v) is 7.60. The Kier molecular flexibility index (Phi) is 7.11. The zero-order chi connectivity index (χ0) is 18.5. The fraction of sp³-hybridized carbons (Fsp3) is 0.615. The van der Waals surface area contributed by atoms with Crippen molar-refractivity contribution in [3.05, 3.63) is 11.1 Å². The van der Waals surface area contributed by atoms with Crippen LogP contribution < -0.4 is 4.31 Å². The first-order valence-electron chi connectivity index (χ1n) is 6.98. The third-order valence-electron chi connectivity index (χ3n) is 2.55. The number of rotatable bonds is 7. The quantitative estimate of drug-likeness (QED) is 0.711. The molecule has 24 heavy (non-hydrogen) atoms. The average Bonchev–Trinajstić information content (AvgIpc) is 2.81. The number of ether oxygens (including phenoxy) is 1. The first kappa shape index (κ1) is 20.3. The van der Waals surface area contributed by atoms with Crippen LogP contribution in [0.3, 0.4) is 0 Å². The number of carbonyl (C=O) groups is 2. The Hall–Kier alpha value is -1.72. The highest BCUT2D eigenvalue weighted by atomic mass is 32.2. The summed E-state index contributed by atoms with van der Waals surface area (Å²) >= 11 is -1.46. The smallest absolute Gasteiger partial charge is 0.410 e. The first-order valence-corrected chi connectivity index (χ1v) is 8.89. The summed E-state index contributed by atoms with van der Waals surface area (Å²) in [6, 6.07) is 0. The molecule has 1 unspecified atom stereocenters. The van der Waals surface area contributed by atoms with E-state index in [2.05, 4.69) is 4.98 Å². The third kappa shape index (κ3) is 6.81. The topological polar surface area (TPSA) is 123 Å². The lowest BCUT2D eigenvalue weighted by molar-refractivity contribution is -0.138. The maximum atomic E-state index is 12.1. The molecular formula is C13H20N3O6S2-. The molecule has 0 bridgehead atoms. The van der Waals surface area contributed by atoms with Gasteiger partial charge < -0.3 is 14.4 Å². The van der Waals surface area contributed by atoms with Crippen molar-refractivity contribution >= 4 is 39.8 Å². The molecule has 136 valence electrons. The highest BCUT2D eigenvalue weighted by molar-refractivity contribution is 7.80. The molecular weight excluding hydrogens is 358 g/mol. The maximum Gasteiger partial charge on any atom is 0.410 e. The maximum absolute atomic E-state index is 12.1. The number of nitrogens with zero attached hydrogens (tertiary/aromatic N) is 3. The van der Waals surface area contributed by atoms with Crippen LogP contribution in [0.25, 0.3) is 0 Å². The summed E-state index contributed by atoms with van der Waals surface area (Å²) in [7, 11) is 0. The van der Waals surface area contributed by atoms with Crippen molar-refractivity contribution in [2.45, 2.75) is 33.3 Å². The highest BCUT2D eigenvalue weighted by Gasteiger charge is 2.25. The second kappa shape index (κ2) is 8.40. The number of carbonyl (C=O) groups excluding carboxylic acids is 1. The van der Waals surface area contributed by atoms with E-state index in [9.17, 15) is 18.4 Å². The van der Waals surface area contributed by atoms with Gasteiger partial charge in [0.25, 0.3) is 0 Å². The Bertz CT molecular complexity index is 613. The molecule has 1 rings (SSSR count). The van der Waals surface area contributed by atoms with Crippen molar-refractivity contribution < 1.29 is 28.2 Å². The molecule has 1 atom stereocenters. The molecule has 9 nitrogen and oxygen atoms in total. The zero-order valence-electron chi connectivity index (χ0n) is 13.8. The van der Waals surface area contributed by atoms with Gasteiger partial charge >= 0.3 is 12.1 Å². The summed E-state index contributed by atoms with van der Waals surface area (Å²) in [5.74, 6) is -1.22. The number of aryl methyl sites for hydroxylation is 1. The van der Waals surface area contributed by atoms with E-state index in [-0.39, 0.29) is 18.2 Å². The number of carboxylic acids is 1. The molecule has 0 radical (unpaired) electrons. The number of aromatic nitrogens is 1. The van der Waals surface area contributed by atoms with Gasteiger partial charge in [-0.15, -0.1) is 11.3 Å². The second-order valence-electron chi connectivity index (χ2n) is 5.89. The van der Waals surface area contributed by atoms with E-state index in [1.807, 2.05) is 0 Å². The molecule has 1 aromatic heterocycles. The Morgan fingerprint density at radius 2 is 2.04 bits per heavy atom. The molecule has 11 heteroatoms. The molecule has 1 amide bonds. The van der Waals surface area contributed by atoms with Crippen molar-refractivity contribution in [3.8, 4) is 0 Å². The van der Waals surface area contributed by atoms with E-state index >= 15 is 0 Å². The van der Waals surface area contributed by atoms with Crippen molar-refractivity contribution in [1.82, 2.24) is 9.88 Å². The molecule has 0 aliphatic rings. The van der Waals surface area contributed by atoms with Crippen LogP contribution in [-0.4, -0.2) is 61.0 Å². The number of carboxylic acid groups (broad SMARTS) is 1. The molecule has 0 fully saturated rings. The summed E-state index contributed by atoms with van der Waals surface area (Å²) in [6.07, 6.45) is -0.822. The van der Waals surface area contributed by atoms with Crippen molar-refractivity contribution in [2.24, 2.45) is 0 Å².